The topological polar surface area (TPSA) is 88.3 Å². The van der Waals surface area contributed by atoms with Crippen LogP contribution in [0.25, 0.3) is 0 Å². The molecule has 6 nitrogen and oxygen atoms in total. The molecule has 2 rings (SSSR count). The molecule has 1 aromatic heterocycles. The molecule has 90 valence electrons. The number of nitrogens with zero attached hydrogens (tertiary/aromatic N) is 2. The summed E-state index contributed by atoms with van der Waals surface area (Å²) in [6.45, 7) is 2.04. The average molecular weight is 234 g/mol. The lowest BCUT2D eigenvalue weighted by molar-refractivity contribution is -0.132. The van der Waals surface area contributed by atoms with Crippen molar-refractivity contribution in [2.45, 2.75) is 19.4 Å². The van der Waals surface area contributed by atoms with Crippen LogP contribution >= 0.6 is 0 Å². The summed E-state index contributed by atoms with van der Waals surface area (Å²) in [4.78, 5) is 28.8. The molecule has 1 atom stereocenters. The first-order chi connectivity index (χ1) is 8.11. The van der Waals surface area contributed by atoms with Crippen LogP contribution in [0.3, 0.4) is 0 Å². The first-order valence-electron chi connectivity index (χ1n) is 5.42. The second-order valence-corrected chi connectivity index (χ2v) is 3.94. The molecule has 0 bridgehead atoms. The fourth-order valence-corrected chi connectivity index (χ4v) is 1.95. The lowest BCUT2D eigenvalue weighted by atomic mass is 10.1. The Morgan fingerprint density at radius 1 is 1.53 bits per heavy atom. The summed E-state index contributed by atoms with van der Waals surface area (Å²) in [5.41, 5.74) is 6.85. The molecule has 0 saturated carbocycles. The van der Waals surface area contributed by atoms with Gasteiger partial charge in [0, 0.05) is 6.20 Å². The maximum Gasteiger partial charge on any atom is 0.249 e. The van der Waals surface area contributed by atoms with Gasteiger partial charge in [0.2, 0.25) is 11.8 Å². The van der Waals surface area contributed by atoms with E-state index in [1.165, 1.54) is 6.20 Å². The number of aromatic nitrogens is 1. The molecule has 3 N–H and O–H groups in total. The van der Waals surface area contributed by atoms with Crippen LogP contribution in [-0.4, -0.2) is 29.4 Å². The molecule has 2 amide bonds. The third-order valence-electron chi connectivity index (χ3n) is 2.72. The van der Waals surface area contributed by atoms with Crippen molar-refractivity contribution in [2.24, 2.45) is 0 Å². The number of pyridine rings is 1. The predicted molar refractivity (Wildman–Crippen MR) is 63.2 cm³/mol. The number of nitrogens with one attached hydrogen (secondary N) is 1. The van der Waals surface area contributed by atoms with Gasteiger partial charge in [-0.25, -0.2) is 0 Å². The Labute approximate surface area is 98.8 Å². The van der Waals surface area contributed by atoms with E-state index >= 15 is 0 Å². The zero-order valence-corrected chi connectivity index (χ0v) is 9.51. The van der Waals surface area contributed by atoms with Gasteiger partial charge in [0.15, 0.2) is 0 Å². The number of nitrogens with two attached hydrogens (primary N) is 1. The van der Waals surface area contributed by atoms with Crippen molar-refractivity contribution in [1.82, 2.24) is 10.3 Å². The zero-order valence-electron chi connectivity index (χ0n) is 9.51. The Morgan fingerprint density at radius 3 is 2.94 bits per heavy atom. The largest absolute Gasteiger partial charge is 0.397 e. The number of carbonyl (C=O) groups is 2. The van der Waals surface area contributed by atoms with Crippen molar-refractivity contribution in [3.63, 3.8) is 0 Å². The highest BCUT2D eigenvalue weighted by Crippen LogP contribution is 2.21. The van der Waals surface area contributed by atoms with Gasteiger partial charge in [-0.3, -0.25) is 19.9 Å². The van der Waals surface area contributed by atoms with E-state index in [0.29, 0.717) is 17.8 Å². The van der Waals surface area contributed by atoms with E-state index < -0.39 is 0 Å². The minimum absolute atomic E-state index is 0.148. The molecule has 0 spiro atoms. The number of piperazine rings is 1. The molecule has 2 heterocycles. The number of nitrogen functional groups attached to an aromatic ring is 1. The molecule has 0 radical (unpaired) electrons. The molecule has 1 saturated heterocycles. The Kier molecular flexibility index (Phi) is 2.95. The lowest BCUT2D eigenvalue weighted by Gasteiger charge is -2.34. The quantitative estimate of drug-likeness (QED) is 0.698. The van der Waals surface area contributed by atoms with Gasteiger partial charge in [0.25, 0.3) is 0 Å². The predicted octanol–water partition coefficient (Wildman–Crippen LogP) is -0.0948. The summed E-state index contributed by atoms with van der Waals surface area (Å²) in [6, 6.07) is 1.36. The molecule has 0 aliphatic carbocycles. The maximum atomic E-state index is 11.7. The third-order valence-corrected chi connectivity index (χ3v) is 2.72. The molecule has 1 aromatic rings. The molecule has 1 fully saturated rings. The molecule has 6 heteroatoms. The van der Waals surface area contributed by atoms with Crippen molar-refractivity contribution < 1.29 is 9.59 Å². The van der Waals surface area contributed by atoms with Crippen molar-refractivity contribution >= 4 is 23.2 Å². The number of hydrogen-bond acceptors (Lipinski definition) is 5. The molecule has 1 aliphatic rings. The van der Waals surface area contributed by atoms with Gasteiger partial charge < -0.3 is 10.6 Å². The van der Waals surface area contributed by atoms with Gasteiger partial charge in [-0.2, -0.15) is 0 Å². The van der Waals surface area contributed by atoms with E-state index in [1.807, 2.05) is 6.92 Å². The molecular weight excluding hydrogens is 220 g/mol. The fourth-order valence-electron chi connectivity index (χ4n) is 1.95. The number of amides is 2. The first-order valence-corrected chi connectivity index (χ1v) is 5.42. The second kappa shape index (κ2) is 4.40. The molecule has 1 unspecified atom stereocenters. The minimum Gasteiger partial charge on any atom is -0.397 e. The van der Waals surface area contributed by atoms with E-state index in [2.05, 4.69) is 10.3 Å². The number of anilines is 2. The van der Waals surface area contributed by atoms with E-state index in [0.717, 1.165) is 0 Å². The Morgan fingerprint density at radius 2 is 2.29 bits per heavy atom. The van der Waals surface area contributed by atoms with Gasteiger partial charge in [0.05, 0.1) is 24.1 Å². The molecule has 17 heavy (non-hydrogen) atoms. The normalized spacial score (nSPS) is 20.3. The fraction of sp³-hybridized carbons (Fsp3) is 0.364. The summed E-state index contributed by atoms with van der Waals surface area (Å²) in [7, 11) is 0. The highest BCUT2D eigenvalue weighted by molar-refractivity contribution is 6.04. The number of imide groups is 1. The minimum atomic E-state index is -0.351. The zero-order chi connectivity index (χ0) is 12.4. The van der Waals surface area contributed by atoms with Crippen molar-refractivity contribution in [2.75, 3.05) is 17.2 Å². The van der Waals surface area contributed by atoms with E-state index in [-0.39, 0.29) is 24.4 Å². The van der Waals surface area contributed by atoms with Crippen molar-refractivity contribution in [1.29, 1.82) is 0 Å². The van der Waals surface area contributed by atoms with Crippen LogP contribution in [-0.2, 0) is 9.59 Å². The highest BCUT2D eigenvalue weighted by atomic mass is 16.2. The lowest BCUT2D eigenvalue weighted by Crippen LogP contribution is -2.58. The molecule has 1 aliphatic heterocycles. The van der Waals surface area contributed by atoms with Gasteiger partial charge in [-0.15, -0.1) is 0 Å². The second-order valence-electron chi connectivity index (χ2n) is 3.94. The number of hydrogen-bond donors (Lipinski definition) is 2. The Balaban J connectivity index is 2.34. The van der Waals surface area contributed by atoms with E-state index in [9.17, 15) is 9.59 Å². The Bertz CT molecular complexity index is 461. The SMILES string of the molecule is CCC1C(=O)NC(=O)CN1c1cncc(N)c1. The van der Waals surface area contributed by atoms with Crippen LogP contribution in [0.1, 0.15) is 13.3 Å². The van der Waals surface area contributed by atoms with Crippen LogP contribution in [0.15, 0.2) is 18.5 Å². The number of rotatable bonds is 2. The summed E-state index contributed by atoms with van der Waals surface area (Å²) in [6.07, 6.45) is 3.75. The molecular formula is C11H14N4O2. The first kappa shape index (κ1) is 11.4. The third kappa shape index (κ3) is 2.20. The van der Waals surface area contributed by atoms with Crippen LogP contribution in [0.2, 0.25) is 0 Å². The van der Waals surface area contributed by atoms with Crippen LogP contribution in [0, 0.1) is 0 Å². The molecule has 0 aromatic carbocycles. The van der Waals surface area contributed by atoms with Crippen LogP contribution in [0.5, 0.6) is 0 Å². The number of carbonyl (C=O) groups excluding carboxylic acids is 2. The van der Waals surface area contributed by atoms with Gasteiger partial charge in [-0.1, -0.05) is 6.92 Å². The highest BCUT2D eigenvalue weighted by Gasteiger charge is 2.32. The maximum absolute atomic E-state index is 11.7. The van der Waals surface area contributed by atoms with Crippen LogP contribution < -0.4 is 16.0 Å². The van der Waals surface area contributed by atoms with E-state index in [1.54, 1.807) is 17.2 Å². The summed E-state index contributed by atoms with van der Waals surface area (Å²) in [5, 5.41) is 2.32. The average Bonchev–Trinajstić information content (AvgIpc) is 2.28. The standard InChI is InChI=1S/C11H14N4O2/c1-2-9-11(17)14-10(16)6-15(9)8-3-7(12)4-13-5-8/h3-5,9H,2,6,12H2,1H3,(H,14,16,17). The summed E-state index contributed by atoms with van der Waals surface area (Å²) >= 11 is 0. The smallest absolute Gasteiger partial charge is 0.249 e. The van der Waals surface area contributed by atoms with Gasteiger partial charge in [0.1, 0.15) is 6.04 Å². The monoisotopic (exact) mass is 234 g/mol. The Hall–Kier alpha value is -2.11. The van der Waals surface area contributed by atoms with Crippen molar-refractivity contribution in [3.8, 4) is 0 Å². The van der Waals surface area contributed by atoms with Crippen molar-refractivity contribution in [3.05, 3.63) is 18.5 Å². The van der Waals surface area contributed by atoms with Gasteiger partial charge in [-0.05, 0) is 12.5 Å². The van der Waals surface area contributed by atoms with E-state index in [4.69, 9.17) is 5.73 Å². The summed E-state index contributed by atoms with van der Waals surface area (Å²) in [5.74, 6) is -0.576. The summed E-state index contributed by atoms with van der Waals surface area (Å²) < 4.78 is 0. The van der Waals surface area contributed by atoms with Gasteiger partial charge >= 0.3 is 0 Å². The van der Waals surface area contributed by atoms with Crippen LogP contribution in [0.4, 0.5) is 11.4 Å².